The van der Waals surface area contributed by atoms with Crippen molar-refractivity contribution in [3.05, 3.63) is 70.9 Å². The number of nitrogens with zero attached hydrogens (tertiary/aromatic N) is 3. The van der Waals surface area contributed by atoms with Crippen molar-refractivity contribution in [2.75, 3.05) is 44.9 Å². The summed E-state index contributed by atoms with van der Waals surface area (Å²) in [6.07, 6.45) is 1.63. The van der Waals surface area contributed by atoms with Gasteiger partial charge in [-0.2, -0.15) is 5.10 Å². The Hall–Kier alpha value is -3.85. The minimum atomic E-state index is -0.540. The second-order valence-electron chi connectivity index (χ2n) is 8.04. The number of nitrogens with one attached hydrogen (secondary N) is 1. The number of amides is 1. The van der Waals surface area contributed by atoms with Crippen molar-refractivity contribution >= 4 is 29.5 Å². The summed E-state index contributed by atoms with van der Waals surface area (Å²) in [5, 5.41) is 8.73. The third-order valence-electron chi connectivity index (χ3n) is 5.85. The molecular formula is C26H30N4O5. The van der Waals surface area contributed by atoms with Crippen LogP contribution in [-0.4, -0.2) is 63.1 Å². The first-order valence-corrected chi connectivity index (χ1v) is 11.6. The second kappa shape index (κ2) is 11.5. The van der Waals surface area contributed by atoms with Crippen LogP contribution in [0.3, 0.4) is 0 Å². The van der Waals surface area contributed by atoms with E-state index in [0.717, 1.165) is 35.5 Å². The predicted octanol–water partition coefficient (Wildman–Crippen LogP) is 2.52. The fraction of sp³-hybridized carbons (Fsp3) is 0.346. The molecule has 1 N–H and O–H groups in total. The molecule has 9 heteroatoms. The maximum atomic E-state index is 13.3. The van der Waals surface area contributed by atoms with E-state index in [1.54, 1.807) is 18.1 Å². The molecule has 0 saturated carbocycles. The van der Waals surface area contributed by atoms with E-state index in [-0.39, 0.29) is 18.8 Å². The smallest absolute Gasteiger partial charge is 0.325 e. The normalized spacial score (nSPS) is 15.7. The average molecular weight is 479 g/mol. The molecule has 1 saturated heterocycles. The van der Waals surface area contributed by atoms with Crippen molar-refractivity contribution < 1.29 is 23.8 Å². The minimum Gasteiger partial charge on any atom is -0.486 e. The van der Waals surface area contributed by atoms with Crippen molar-refractivity contribution in [2.45, 2.75) is 20.1 Å². The van der Waals surface area contributed by atoms with Crippen LogP contribution in [0.25, 0.3) is 5.76 Å². The molecule has 1 fully saturated rings. The molecule has 0 unspecified atom stereocenters. The Labute approximate surface area is 204 Å². The lowest BCUT2D eigenvalue weighted by atomic mass is 9.97. The number of methoxy groups -OCH3 is 1. The number of carbonyl (C=O) groups is 2. The number of rotatable bonds is 8. The number of fused-ring (bicyclic) bond motifs is 1. The Morgan fingerprint density at radius 3 is 2.60 bits per heavy atom. The van der Waals surface area contributed by atoms with Crippen molar-refractivity contribution in [3.63, 3.8) is 0 Å². The van der Waals surface area contributed by atoms with Crippen LogP contribution < -0.4 is 10.2 Å². The number of benzene rings is 2. The Kier molecular flexibility index (Phi) is 7.99. The topological polar surface area (TPSA) is 92.7 Å². The molecule has 2 aliphatic heterocycles. The summed E-state index contributed by atoms with van der Waals surface area (Å²) in [7, 11) is 1.28. The van der Waals surface area contributed by atoms with E-state index in [4.69, 9.17) is 9.47 Å². The number of hydrazone groups is 1. The van der Waals surface area contributed by atoms with Crippen LogP contribution in [-0.2, 0) is 37.0 Å². The number of carbonyl (C=O) groups excluding carboxylic acids is 2. The maximum Gasteiger partial charge on any atom is 0.325 e. The van der Waals surface area contributed by atoms with Gasteiger partial charge in [-0.3, -0.25) is 14.6 Å². The molecule has 0 radical (unpaired) electrons. The highest BCUT2D eigenvalue weighted by Gasteiger charge is 2.33. The van der Waals surface area contributed by atoms with Gasteiger partial charge in [0.05, 0.1) is 26.9 Å². The Bertz CT molecular complexity index is 1110. The second-order valence-corrected chi connectivity index (χ2v) is 8.04. The molecule has 9 nitrogen and oxygen atoms in total. The van der Waals surface area contributed by atoms with Gasteiger partial charge in [-0.15, -0.1) is 0 Å². The number of hydrogen-bond donors (Lipinski definition) is 1. The number of hydrogen-bond acceptors (Lipinski definition) is 8. The zero-order chi connectivity index (χ0) is 24.6. The standard InChI is InChI=1S/C26H30N4O5/c1-3-28-30-17-21-20(10-7-11-22(21)29-12-14-34-15-13-29)25(35-18-19-8-5-4-6-9-19)24(30)26(32)27-16-23(31)33-2/h3-11H,12-18H2,1-2H3,(H,27,32)/b28-3-. The predicted molar refractivity (Wildman–Crippen MR) is 132 cm³/mol. The lowest BCUT2D eigenvalue weighted by Gasteiger charge is -2.36. The lowest BCUT2D eigenvalue weighted by molar-refractivity contribution is -0.140. The number of esters is 1. The summed E-state index contributed by atoms with van der Waals surface area (Å²) >= 11 is 0. The maximum absolute atomic E-state index is 13.3. The third kappa shape index (κ3) is 5.63. The summed E-state index contributed by atoms with van der Waals surface area (Å²) in [5.74, 6) is -0.591. The molecule has 1 amide bonds. The molecule has 0 atom stereocenters. The van der Waals surface area contributed by atoms with Gasteiger partial charge in [0.1, 0.15) is 13.2 Å². The molecule has 4 rings (SSSR count). The first-order valence-electron chi connectivity index (χ1n) is 11.6. The van der Waals surface area contributed by atoms with E-state index < -0.39 is 11.9 Å². The minimum absolute atomic E-state index is 0.245. The van der Waals surface area contributed by atoms with Crippen molar-refractivity contribution in [1.29, 1.82) is 0 Å². The van der Waals surface area contributed by atoms with Crippen LogP contribution in [0.4, 0.5) is 5.69 Å². The van der Waals surface area contributed by atoms with Crippen molar-refractivity contribution in [2.24, 2.45) is 5.10 Å². The molecule has 0 bridgehead atoms. The highest BCUT2D eigenvalue weighted by atomic mass is 16.5. The lowest BCUT2D eigenvalue weighted by Crippen LogP contribution is -2.40. The largest absolute Gasteiger partial charge is 0.486 e. The van der Waals surface area contributed by atoms with E-state index in [2.05, 4.69) is 26.1 Å². The highest BCUT2D eigenvalue weighted by molar-refractivity contribution is 6.01. The zero-order valence-electron chi connectivity index (χ0n) is 20.0. The molecule has 0 aromatic heterocycles. The average Bonchev–Trinajstić information content (AvgIpc) is 2.91. The number of morpholine rings is 1. The highest BCUT2D eigenvalue weighted by Crippen LogP contribution is 2.38. The Balaban J connectivity index is 1.78. The van der Waals surface area contributed by atoms with Gasteiger partial charge in [0.15, 0.2) is 11.5 Å². The number of anilines is 1. The van der Waals surface area contributed by atoms with E-state index in [9.17, 15) is 9.59 Å². The van der Waals surface area contributed by atoms with E-state index >= 15 is 0 Å². The summed E-state index contributed by atoms with van der Waals surface area (Å²) in [4.78, 5) is 27.3. The first-order chi connectivity index (χ1) is 17.1. The van der Waals surface area contributed by atoms with E-state index in [0.29, 0.717) is 25.5 Å². The van der Waals surface area contributed by atoms with Crippen molar-refractivity contribution in [1.82, 2.24) is 10.3 Å². The fourth-order valence-electron chi connectivity index (χ4n) is 4.17. The molecule has 2 aromatic carbocycles. The SMILES string of the molecule is C/C=N\N1Cc2c(cccc2N2CCOCC2)C(OCc2ccccc2)=C1C(=O)NCC(=O)OC. The van der Waals surface area contributed by atoms with Crippen LogP contribution in [0.1, 0.15) is 23.6 Å². The third-order valence-corrected chi connectivity index (χ3v) is 5.85. The van der Waals surface area contributed by atoms with Gasteiger partial charge in [0, 0.05) is 36.1 Å². The van der Waals surface area contributed by atoms with E-state index in [1.165, 1.54) is 7.11 Å². The zero-order valence-corrected chi connectivity index (χ0v) is 20.0. The summed E-state index contributed by atoms with van der Waals surface area (Å²) < 4.78 is 16.5. The van der Waals surface area contributed by atoms with Crippen LogP contribution >= 0.6 is 0 Å². The van der Waals surface area contributed by atoms with Gasteiger partial charge in [-0.1, -0.05) is 42.5 Å². The summed E-state index contributed by atoms with van der Waals surface area (Å²) in [6.45, 7) is 5.08. The van der Waals surface area contributed by atoms with Gasteiger partial charge < -0.3 is 24.4 Å². The van der Waals surface area contributed by atoms with Crippen LogP contribution in [0.2, 0.25) is 0 Å². The Morgan fingerprint density at radius 1 is 1.11 bits per heavy atom. The van der Waals surface area contributed by atoms with Crippen LogP contribution in [0.15, 0.2) is 59.3 Å². The summed E-state index contributed by atoms with van der Waals surface area (Å²) in [6, 6.07) is 15.8. The fourth-order valence-corrected chi connectivity index (χ4v) is 4.17. The monoisotopic (exact) mass is 478 g/mol. The van der Waals surface area contributed by atoms with Crippen LogP contribution in [0, 0.1) is 0 Å². The van der Waals surface area contributed by atoms with E-state index in [1.807, 2.05) is 42.5 Å². The van der Waals surface area contributed by atoms with Gasteiger partial charge in [-0.25, -0.2) is 0 Å². The van der Waals surface area contributed by atoms with Gasteiger partial charge in [0.2, 0.25) is 0 Å². The van der Waals surface area contributed by atoms with Crippen molar-refractivity contribution in [3.8, 4) is 0 Å². The molecule has 0 spiro atoms. The molecule has 184 valence electrons. The van der Waals surface area contributed by atoms with Gasteiger partial charge >= 0.3 is 5.97 Å². The molecular weight excluding hydrogens is 448 g/mol. The quantitative estimate of drug-likeness (QED) is 0.460. The Morgan fingerprint density at radius 2 is 1.89 bits per heavy atom. The summed E-state index contributed by atoms with van der Waals surface area (Å²) in [5.41, 5.74) is 4.13. The molecule has 0 aliphatic carbocycles. The number of ether oxygens (including phenoxy) is 3. The molecule has 2 heterocycles. The van der Waals surface area contributed by atoms with Crippen LogP contribution in [0.5, 0.6) is 0 Å². The molecule has 2 aliphatic rings. The molecule has 2 aromatic rings. The molecule has 35 heavy (non-hydrogen) atoms. The van der Waals surface area contributed by atoms with Gasteiger partial charge in [-0.05, 0) is 18.6 Å². The first kappa shape index (κ1) is 24.3. The van der Waals surface area contributed by atoms with Gasteiger partial charge in [0.25, 0.3) is 5.91 Å².